The summed E-state index contributed by atoms with van der Waals surface area (Å²) in [6.07, 6.45) is 0. The zero-order valence-electron chi connectivity index (χ0n) is 14.2. The van der Waals surface area contributed by atoms with Crippen molar-refractivity contribution in [2.45, 2.75) is 64.4 Å². The second-order valence-electron chi connectivity index (χ2n) is 8.03. The van der Waals surface area contributed by atoms with E-state index in [1.165, 1.54) is 0 Å². The van der Waals surface area contributed by atoms with E-state index in [4.69, 9.17) is 9.47 Å². The number of rotatable bonds is 3. The molecule has 4 heteroatoms. The predicted molar refractivity (Wildman–Crippen MR) is 82.1 cm³/mol. The third-order valence-electron chi connectivity index (χ3n) is 4.84. The SMILES string of the molecule is CNC1C(CN2CCOC(C)(C)C2)C(C)(C)OC1(C)C. The summed E-state index contributed by atoms with van der Waals surface area (Å²) in [6, 6.07) is 0.378. The zero-order valence-corrected chi connectivity index (χ0v) is 14.2. The molecule has 0 saturated carbocycles. The average Bonchev–Trinajstić information content (AvgIpc) is 2.42. The van der Waals surface area contributed by atoms with E-state index in [0.29, 0.717) is 12.0 Å². The summed E-state index contributed by atoms with van der Waals surface area (Å²) in [5.41, 5.74) is -0.253. The van der Waals surface area contributed by atoms with Crippen LogP contribution >= 0.6 is 0 Å². The number of ether oxygens (including phenoxy) is 2. The molecule has 2 fully saturated rings. The van der Waals surface area contributed by atoms with Crippen molar-refractivity contribution in [3.05, 3.63) is 0 Å². The quantitative estimate of drug-likeness (QED) is 0.858. The van der Waals surface area contributed by atoms with Crippen molar-refractivity contribution in [1.82, 2.24) is 10.2 Å². The lowest BCUT2D eigenvalue weighted by molar-refractivity contribution is -0.101. The van der Waals surface area contributed by atoms with E-state index in [0.717, 1.165) is 26.2 Å². The number of morpholine rings is 1. The summed E-state index contributed by atoms with van der Waals surface area (Å²) in [5.74, 6) is 0.483. The van der Waals surface area contributed by atoms with Gasteiger partial charge in [-0.1, -0.05) is 0 Å². The first-order chi connectivity index (χ1) is 9.07. The molecule has 4 nitrogen and oxygen atoms in total. The Bertz CT molecular complexity index is 352. The minimum atomic E-state index is -0.120. The summed E-state index contributed by atoms with van der Waals surface area (Å²) in [6.45, 7) is 17.1. The molecule has 0 amide bonds. The van der Waals surface area contributed by atoms with Crippen molar-refractivity contribution in [3.8, 4) is 0 Å². The number of hydrogen-bond acceptors (Lipinski definition) is 4. The van der Waals surface area contributed by atoms with Gasteiger partial charge in [0.2, 0.25) is 0 Å². The lowest BCUT2D eigenvalue weighted by Gasteiger charge is -2.41. The highest BCUT2D eigenvalue weighted by Crippen LogP contribution is 2.42. The maximum Gasteiger partial charge on any atom is 0.0790 e. The van der Waals surface area contributed by atoms with Crippen molar-refractivity contribution in [3.63, 3.8) is 0 Å². The highest BCUT2D eigenvalue weighted by molar-refractivity contribution is 5.06. The smallest absolute Gasteiger partial charge is 0.0790 e. The lowest BCUT2D eigenvalue weighted by atomic mass is 9.82. The second kappa shape index (κ2) is 5.24. The third-order valence-corrected chi connectivity index (χ3v) is 4.84. The van der Waals surface area contributed by atoms with Crippen LogP contribution in [0.25, 0.3) is 0 Å². The minimum Gasteiger partial charge on any atom is -0.373 e. The maximum atomic E-state index is 6.33. The summed E-state index contributed by atoms with van der Waals surface area (Å²) in [4.78, 5) is 2.53. The topological polar surface area (TPSA) is 33.7 Å². The van der Waals surface area contributed by atoms with Gasteiger partial charge < -0.3 is 14.8 Å². The maximum absolute atomic E-state index is 6.33. The van der Waals surface area contributed by atoms with Crippen LogP contribution in [-0.2, 0) is 9.47 Å². The van der Waals surface area contributed by atoms with Gasteiger partial charge in [0.25, 0.3) is 0 Å². The van der Waals surface area contributed by atoms with Crippen LogP contribution in [0, 0.1) is 5.92 Å². The van der Waals surface area contributed by atoms with E-state index < -0.39 is 0 Å². The van der Waals surface area contributed by atoms with Gasteiger partial charge in [-0.25, -0.2) is 0 Å². The largest absolute Gasteiger partial charge is 0.373 e. The summed E-state index contributed by atoms with van der Waals surface area (Å²) < 4.78 is 12.1. The molecule has 2 unspecified atom stereocenters. The van der Waals surface area contributed by atoms with Gasteiger partial charge in [0, 0.05) is 31.6 Å². The standard InChI is InChI=1S/C16H32N2O2/c1-14(2)11-18(8-9-19-14)10-12-13(17-7)16(5,6)20-15(12,3)4/h12-13,17H,8-11H2,1-7H3. The minimum absolute atomic E-state index is 0.0352. The van der Waals surface area contributed by atoms with E-state index in [1.54, 1.807) is 0 Å². The molecule has 2 atom stereocenters. The van der Waals surface area contributed by atoms with Crippen molar-refractivity contribution in [2.75, 3.05) is 33.3 Å². The molecule has 118 valence electrons. The highest BCUT2D eigenvalue weighted by Gasteiger charge is 2.53. The molecule has 2 heterocycles. The summed E-state index contributed by atoms with van der Waals surface area (Å²) in [5, 5.41) is 3.49. The Hall–Kier alpha value is -0.160. The molecule has 2 aliphatic heterocycles. The Morgan fingerprint density at radius 3 is 2.30 bits per heavy atom. The van der Waals surface area contributed by atoms with Crippen LogP contribution < -0.4 is 5.32 Å². The molecule has 2 aliphatic rings. The first-order valence-electron chi connectivity index (χ1n) is 7.81. The summed E-state index contributed by atoms with van der Waals surface area (Å²) >= 11 is 0. The van der Waals surface area contributed by atoms with Gasteiger partial charge in [-0.2, -0.15) is 0 Å². The molecule has 0 bridgehead atoms. The van der Waals surface area contributed by atoms with Gasteiger partial charge in [-0.3, -0.25) is 4.90 Å². The fraction of sp³-hybridized carbons (Fsp3) is 1.00. The molecule has 0 aliphatic carbocycles. The average molecular weight is 284 g/mol. The Morgan fingerprint density at radius 2 is 1.75 bits per heavy atom. The third kappa shape index (κ3) is 3.19. The molecule has 1 N–H and O–H groups in total. The number of nitrogens with one attached hydrogen (secondary N) is 1. The molecule has 0 aromatic carbocycles. The van der Waals surface area contributed by atoms with Crippen LogP contribution in [0.15, 0.2) is 0 Å². The van der Waals surface area contributed by atoms with Crippen LogP contribution in [0.2, 0.25) is 0 Å². The van der Waals surface area contributed by atoms with Gasteiger partial charge in [0.1, 0.15) is 0 Å². The molecule has 20 heavy (non-hydrogen) atoms. The van der Waals surface area contributed by atoms with Gasteiger partial charge in [0.15, 0.2) is 0 Å². The van der Waals surface area contributed by atoms with E-state index in [9.17, 15) is 0 Å². The molecule has 2 rings (SSSR count). The molecule has 0 aromatic heterocycles. The molecule has 0 radical (unpaired) electrons. The zero-order chi connectivity index (χ0) is 15.2. The van der Waals surface area contributed by atoms with Crippen LogP contribution in [0.3, 0.4) is 0 Å². The predicted octanol–water partition coefficient (Wildman–Crippen LogP) is 1.89. The van der Waals surface area contributed by atoms with Crippen molar-refractivity contribution in [1.29, 1.82) is 0 Å². The number of nitrogens with zero attached hydrogens (tertiary/aromatic N) is 1. The van der Waals surface area contributed by atoms with Gasteiger partial charge in [-0.15, -0.1) is 0 Å². The Balaban J connectivity index is 2.10. The van der Waals surface area contributed by atoms with Crippen molar-refractivity contribution < 1.29 is 9.47 Å². The van der Waals surface area contributed by atoms with Gasteiger partial charge in [0.05, 0.1) is 23.4 Å². The molecule has 0 aromatic rings. The van der Waals surface area contributed by atoms with Crippen LogP contribution in [0.4, 0.5) is 0 Å². The molecule has 2 saturated heterocycles. The Labute approximate surface area is 124 Å². The van der Waals surface area contributed by atoms with Crippen LogP contribution in [-0.4, -0.2) is 61.0 Å². The number of hydrogen-bond donors (Lipinski definition) is 1. The highest BCUT2D eigenvalue weighted by atomic mass is 16.5. The normalized spacial score (nSPS) is 36.1. The Morgan fingerprint density at radius 1 is 1.10 bits per heavy atom. The van der Waals surface area contributed by atoms with E-state index in [2.05, 4.69) is 51.8 Å². The van der Waals surface area contributed by atoms with Crippen molar-refractivity contribution in [2.24, 2.45) is 5.92 Å². The molecular weight excluding hydrogens is 252 g/mol. The number of likely N-dealkylation sites (N-methyl/N-ethyl adjacent to an activating group) is 1. The lowest BCUT2D eigenvalue weighted by Crippen LogP contribution is -2.54. The van der Waals surface area contributed by atoms with Crippen LogP contribution in [0.5, 0.6) is 0 Å². The monoisotopic (exact) mass is 284 g/mol. The van der Waals surface area contributed by atoms with Gasteiger partial charge in [-0.05, 0) is 48.6 Å². The first-order valence-corrected chi connectivity index (χ1v) is 7.81. The summed E-state index contributed by atoms with van der Waals surface area (Å²) in [7, 11) is 2.05. The Kier molecular flexibility index (Phi) is 4.25. The fourth-order valence-corrected chi connectivity index (χ4v) is 4.13. The fourth-order valence-electron chi connectivity index (χ4n) is 4.13. The molecule has 0 spiro atoms. The second-order valence-corrected chi connectivity index (χ2v) is 8.03. The molecular formula is C16H32N2O2. The van der Waals surface area contributed by atoms with E-state index >= 15 is 0 Å². The van der Waals surface area contributed by atoms with Crippen LogP contribution in [0.1, 0.15) is 41.5 Å². The van der Waals surface area contributed by atoms with E-state index in [1.807, 2.05) is 7.05 Å². The van der Waals surface area contributed by atoms with Gasteiger partial charge >= 0.3 is 0 Å². The first kappa shape index (κ1) is 16.2. The van der Waals surface area contributed by atoms with Crippen molar-refractivity contribution >= 4 is 0 Å². The van der Waals surface area contributed by atoms with E-state index in [-0.39, 0.29) is 16.8 Å².